The number of rotatable bonds is 8. The second-order valence-electron chi connectivity index (χ2n) is 5.64. The van der Waals surface area contributed by atoms with E-state index in [-0.39, 0.29) is 11.1 Å². The predicted octanol–water partition coefficient (Wildman–Crippen LogP) is -1.19. The van der Waals surface area contributed by atoms with Crippen LogP contribution in [0.25, 0.3) is 0 Å². The van der Waals surface area contributed by atoms with E-state index in [4.69, 9.17) is 10.2 Å². The van der Waals surface area contributed by atoms with Crippen LogP contribution in [-0.2, 0) is 9.59 Å². The first-order valence-corrected chi connectivity index (χ1v) is 7.58. The van der Waals surface area contributed by atoms with Gasteiger partial charge in [0.1, 0.15) is 0 Å². The Morgan fingerprint density at radius 2 is 1.15 bits per heavy atom. The molecule has 0 saturated carbocycles. The number of hydrogen-bond donors (Lipinski definition) is 6. The van der Waals surface area contributed by atoms with Crippen molar-refractivity contribution in [3.8, 4) is 0 Å². The summed E-state index contributed by atoms with van der Waals surface area (Å²) in [5.74, 6) is -4.52. The van der Waals surface area contributed by atoms with Crippen LogP contribution in [0.1, 0.15) is 34.6 Å². The number of hydrogen-bond acceptors (Lipinski definition) is 6. The number of nitrogens with one attached hydrogen (secondary N) is 2. The minimum absolute atomic E-state index is 0.0616. The average molecular weight is 368 g/mol. The zero-order valence-corrected chi connectivity index (χ0v) is 14.0. The Bertz CT molecular complexity index is 646. The summed E-state index contributed by atoms with van der Waals surface area (Å²) < 4.78 is 0. The first-order valence-electron chi connectivity index (χ1n) is 7.58. The number of aliphatic carboxylic acids is 2. The molecule has 10 nitrogen and oxygen atoms in total. The number of carbonyl (C=O) groups is 4. The molecule has 0 aliphatic rings. The topological polar surface area (TPSA) is 173 Å². The van der Waals surface area contributed by atoms with Gasteiger partial charge in [0.2, 0.25) is 0 Å². The quantitative estimate of drug-likeness (QED) is 0.332. The van der Waals surface area contributed by atoms with E-state index in [2.05, 4.69) is 10.6 Å². The van der Waals surface area contributed by atoms with Crippen molar-refractivity contribution in [3.63, 3.8) is 0 Å². The average Bonchev–Trinajstić information content (AvgIpc) is 2.55. The Hall–Kier alpha value is -2.98. The van der Waals surface area contributed by atoms with Crippen LogP contribution in [0.4, 0.5) is 0 Å². The van der Waals surface area contributed by atoms with Gasteiger partial charge in [0.15, 0.2) is 12.1 Å². The van der Waals surface area contributed by atoms with Crippen LogP contribution in [0.5, 0.6) is 0 Å². The molecule has 142 valence electrons. The molecule has 0 aromatic heterocycles. The molecule has 0 fully saturated rings. The van der Waals surface area contributed by atoms with Crippen molar-refractivity contribution in [1.82, 2.24) is 10.6 Å². The number of benzene rings is 1. The Morgan fingerprint density at radius 3 is 1.42 bits per heavy atom. The van der Waals surface area contributed by atoms with Crippen molar-refractivity contribution in [3.05, 3.63) is 35.4 Å². The molecule has 0 saturated heterocycles. The highest BCUT2D eigenvalue weighted by molar-refractivity contribution is 6.01. The van der Waals surface area contributed by atoms with Crippen molar-refractivity contribution in [1.29, 1.82) is 0 Å². The molecule has 0 unspecified atom stereocenters. The number of carbonyl (C=O) groups excluding carboxylic acids is 2. The summed E-state index contributed by atoms with van der Waals surface area (Å²) in [6, 6.07) is 2.04. The minimum Gasteiger partial charge on any atom is -0.480 e. The summed E-state index contributed by atoms with van der Waals surface area (Å²) in [5, 5.41) is 40.9. The summed E-state index contributed by atoms with van der Waals surface area (Å²) in [6.07, 6.45) is -2.68. The minimum atomic E-state index is -1.54. The molecule has 6 N–H and O–H groups in total. The second-order valence-corrected chi connectivity index (χ2v) is 5.64. The fourth-order valence-corrected chi connectivity index (χ4v) is 2.03. The molecule has 4 atom stereocenters. The van der Waals surface area contributed by atoms with Crippen LogP contribution in [0.3, 0.4) is 0 Å². The SMILES string of the molecule is C[C@H](O)[C@H](NC(=O)c1cccc(C(=O)N[C@H](C(=O)O)[C@H](C)O)c1)C(=O)O. The maximum Gasteiger partial charge on any atom is 0.328 e. The van der Waals surface area contributed by atoms with E-state index in [1.54, 1.807) is 0 Å². The molecule has 26 heavy (non-hydrogen) atoms. The second kappa shape index (κ2) is 8.92. The van der Waals surface area contributed by atoms with Crippen molar-refractivity contribution in [2.45, 2.75) is 38.1 Å². The van der Waals surface area contributed by atoms with E-state index in [1.165, 1.54) is 32.0 Å². The van der Waals surface area contributed by atoms with Crippen LogP contribution in [0.15, 0.2) is 24.3 Å². The molecule has 0 spiro atoms. The normalized spacial score (nSPS) is 15.2. The van der Waals surface area contributed by atoms with Gasteiger partial charge in [-0.25, -0.2) is 9.59 Å². The lowest BCUT2D eigenvalue weighted by Crippen LogP contribution is -2.48. The third-order valence-electron chi connectivity index (χ3n) is 3.46. The van der Waals surface area contributed by atoms with Gasteiger partial charge in [-0.05, 0) is 32.0 Å². The van der Waals surface area contributed by atoms with Gasteiger partial charge >= 0.3 is 11.9 Å². The number of aliphatic hydroxyl groups is 2. The zero-order valence-electron chi connectivity index (χ0n) is 14.0. The van der Waals surface area contributed by atoms with E-state index < -0.39 is 48.0 Å². The van der Waals surface area contributed by atoms with Gasteiger partial charge in [-0.3, -0.25) is 9.59 Å². The lowest BCUT2D eigenvalue weighted by atomic mass is 10.1. The van der Waals surface area contributed by atoms with Crippen LogP contribution in [-0.4, -0.2) is 68.5 Å². The first-order chi connectivity index (χ1) is 12.0. The molecule has 2 amide bonds. The highest BCUT2D eigenvalue weighted by Crippen LogP contribution is 2.08. The Morgan fingerprint density at radius 1 is 0.808 bits per heavy atom. The molecule has 1 rings (SSSR count). The monoisotopic (exact) mass is 368 g/mol. The van der Waals surface area contributed by atoms with Crippen molar-refractivity contribution in [2.24, 2.45) is 0 Å². The maximum absolute atomic E-state index is 12.1. The summed E-state index contributed by atoms with van der Waals surface area (Å²) in [5.41, 5.74) is -0.123. The van der Waals surface area contributed by atoms with Crippen LogP contribution >= 0.6 is 0 Å². The molecule has 0 aliphatic carbocycles. The molecule has 0 radical (unpaired) electrons. The van der Waals surface area contributed by atoms with Gasteiger partial charge in [0, 0.05) is 11.1 Å². The van der Waals surface area contributed by atoms with Crippen molar-refractivity contribution >= 4 is 23.8 Å². The van der Waals surface area contributed by atoms with E-state index in [9.17, 15) is 29.4 Å². The summed E-state index contributed by atoms with van der Waals surface area (Å²) in [4.78, 5) is 46.3. The lowest BCUT2D eigenvalue weighted by molar-refractivity contribution is -0.142. The highest BCUT2D eigenvalue weighted by Gasteiger charge is 2.27. The molecular weight excluding hydrogens is 348 g/mol. The Labute approximate surface area is 148 Å². The number of amides is 2. The number of aliphatic hydroxyl groups excluding tert-OH is 2. The maximum atomic E-state index is 12.1. The van der Waals surface area contributed by atoms with Gasteiger partial charge in [0.05, 0.1) is 12.2 Å². The van der Waals surface area contributed by atoms with Gasteiger partial charge in [-0.2, -0.15) is 0 Å². The largest absolute Gasteiger partial charge is 0.480 e. The summed E-state index contributed by atoms with van der Waals surface area (Å²) in [6.45, 7) is 2.40. The van der Waals surface area contributed by atoms with Crippen LogP contribution < -0.4 is 10.6 Å². The zero-order chi connectivity index (χ0) is 20.0. The number of carboxylic acids is 2. The third kappa shape index (κ3) is 5.53. The molecule has 0 bridgehead atoms. The Kier molecular flexibility index (Phi) is 7.23. The molecule has 1 aromatic rings. The molecular formula is C16H20N2O8. The van der Waals surface area contributed by atoms with E-state index in [0.29, 0.717) is 0 Å². The van der Waals surface area contributed by atoms with Gasteiger partial charge in [-0.1, -0.05) is 6.07 Å². The smallest absolute Gasteiger partial charge is 0.328 e. The van der Waals surface area contributed by atoms with Crippen molar-refractivity contribution in [2.75, 3.05) is 0 Å². The predicted molar refractivity (Wildman–Crippen MR) is 87.6 cm³/mol. The van der Waals surface area contributed by atoms with E-state index in [0.717, 1.165) is 6.07 Å². The van der Waals surface area contributed by atoms with Crippen LogP contribution in [0, 0.1) is 0 Å². The standard InChI is InChI=1S/C16H20N2O8/c1-7(19)11(15(23)24)17-13(21)9-4-3-5-10(6-9)14(22)18-12(8(2)20)16(25)26/h3-8,11-12,19-20H,1-2H3,(H,17,21)(H,18,22)(H,23,24)(H,25,26)/t7-,8-,11-,12-/m0/s1. The molecule has 0 aliphatic heterocycles. The number of carboxylic acid groups (broad SMARTS) is 2. The van der Waals surface area contributed by atoms with Crippen LogP contribution in [0.2, 0.25) is 0 Å². The van der Waals surface area contributed by atoms with Gasteiger partial charge in [0.25, 0.3) is 11.8 Å². The fourth-order valence-electron chi connectivity index (χ4n) is 2.03. The highest BCUT2D eigenvalue weighted by atomic mass is 16.4. The summed E-state index contributed by atoms with van der Waals surface area (Å²) >= 11 is 0. The van der Waals surface area contributed by atoms with Crippen molar-refractivity contribution < 1.29 is 39.6 Å². The first kappa shape index (κ1) is 21.1. The summed E-state index contributed by atoms with van der Waals surface area (Å²) in [7, 11) is 0. The van der Waals surface area contributed by atoms with E-state index in [1.807, 2.05) is 0 Å². The Balaban J connectivity index is 2.96. The van der Waals surface area contributed by atoms with Gasteiger partial charge in [-0.15, -0.1) is 0 Å². The van der Waals surface area contributed by atoms with E-state index >= 15 is 0 Å². The molecule has 10 heteroatoms. The molecule has 0 heterocycles. The lowest BCUT2D eigenvalue weighted by Gasteiger charge is -2.18. The third-order valence-corrected chi connectivity index (χ3v) is 3.46. The fraction of sp³-hybridized carbons (Fsp3) is 0.375. The van der Waals surface area contributed by atoms with Gasteiger partial charge < -0.3 is 31.1 Å². The molecule has 1 aromatic carbocycles.